The van der Waals surface area contributed by atoms with Crippen molar-refractivity contribution in [3.8, 4) is 0 Å². The molecule has 2 aliphatic rings. The Bertz CT molecular complexity index is 625. The van der Waals surface area contributed by atoms with Gasteiger partial charge in [-0.05, 0) is 50.4 Å². The zero-order chi connectivity index (χ0) is 16.7. The Kier molecular flexibility index (Phi) is 4.45. The summed E-state index contributed by atoms with van der Waals surface area (Å²) in [5.41, 5.74) is 1.03. The van der Waals surface area contributed by atoms with Crippen LogP contribution in [0.2, 0.25) is 0 Å². The van der Waals surface area contributed by atoms with Gasteiger partial charge < -0.3 is 10.4 Å². The van der Waals surface area contributed by atoms with E-state index >= 15 is 0 Å². The minimum Gasteiger partial charge on any atom is -0.481 e. The van der Waals surface area contributed by atoms with E-state index in [4.69, 9.17) is 0 Å². The van der Waals surface area contributed by atoms with Crippen LogP contribution in [0.25, 0.3) is 0 Å². The molecule has 0 aliphatic heterocycles. The van der Waals surface area contributed by atoms with E-state index in [9.17, 15) is 14.7 Å². The summed E-state index contributed by atoms with van der Waals surface area (Å²) in [7, 11) is 0. The van der Waals surface area contributed by atoms with E-state index in [2.05, 4.69) is 24.1 Å². The summed E-state index contributed by atoms with van der Waals surface area (Å²) >= 11 is 1.48. The van der Waals surface area contributed by atoms with Crippen molar-refractivity contribution < 1.29 is 14.7 Å². The molecule has 5 nitrogen and oxygen atoms in total. The van der Waals surface area contributed by atoms with Gasteiger partial charge in [-0.15, -0.1) is 11.3 Å². The minimum atomic E-state index is -0.826. The van der Waals surface area contributed by atoms with Gasteiger partial charge in [0.1, 0.15) is 0 Å². The van der Waals surface area contributed by atoms with E-state index in [1.165, 1.54) is 11.3 Å². The number of thiazole rings is 1. The third-order valence-corrected chi connectivity index (χ3v) is 6.16. The monoisotopic (exact) mass is 336 g/mol. The Balaban J connectivity index is 1.73. The average molecular weight is 336 g/mol. The predicted molar refractivity (Wildman–Crippen MR) is 89.5 cm³/mol. The summed E-state index contributed by atoms with van der Waals surface area (Å²) in [5, 5.41) is 13.0. The van der Waals surface area contributed by atoms with Crippen LogP contribution in [-0.2, 0) is 16.0 Å². The molecule has 4 unspecified atom stereocenters. The number of anilines is 1. The third kappa shape index (κ3) is 3.13. The lowest BCUT2D eigenvalue weighted by atomic mass is 9.79. The number of aryl methyl sites for hydroxylation is 1. The molecule has 23 heavy (non-hydrogen) atoms. The molecule has 1 amide bonds. The SMILES string of the molecule is Cc1sc(NC(=O)C2C3CCC(C3)C2C(=O)O)nc1CC(C)C. The fraction of sp³-hybridized carbons (Fsp3) is 0.706. The van der Waals surface area contributed by atoms with E-state index in [1.54, 1.807) is 0 Å². The lowest BCUT2D eigenvalue weighted by Crippen LogP contribution is -2.37. The van der Waals surface area contributed by atoms with Gasteiger partial charge in [-0.3, -0.25) is 9.59 Å². The van der Waals surface area contributed by atoms with Gasteiger partial charge in [0.15, 0.2) is 5.13 Å². The standard InChI is InChI=1S/C17H24N2O3S/c1-8(2)6-12-9(3)23-17(18-12)19-15(20)13-10-4-5-11(7-10)14(13)16(21)22/h8,10-11,13-14H,4-7H2,1-3H3,(H,21,22)(H,18,19,20). The third-order valence-electron chi connectivity index (χ3n) is 5.23. The summed E-state index contributed by atoms with van der Waals surface area (Å²) in [6.45, 7) is 6.30. The van der Waals surface area contributed by atoms with Crippen LogP contribution in [0.5, 0.6) is 0 Å². The Labute approximate surface area is 140 Å². The van der Waals surface area contributed by atoms with Crippen molar-refractivity contribution in [3.63, 3.8) is 0 Å². The molecular formula is C17H24N2O3S. The number of amides is 1. The number of carboxylic acids is 1. The van der Waals surface area contributed by atoms with Gasteiger partial charge >= 0.3 is 5.97 Å². The van der Waals surface area contributed by atoms with Gasteiger partial charge in [0.2, 0.25) is 5.91 Å². The normalized spacial score (nSPS) is 29.2. The maximum atomic E-state index is 12.7. The first-order valence-electron chi connectivity index (χ1n) is 8.36. The number of carbonyl (C=O) groups is 2. The molecule has 4 atom stereocenters. The van der Waals surface area contributed by atoms with Crippen LogP contribution in [0.4, 0.5) is 5.13 Å². The number of rotatable bonds is 5. The highest BCUT2D eigenvalue weighted by atomic mass is 32.1. The molecule has 1 heterocycles. The zero-order valence-electron chi connectivity index (χ0n) is 13.8. The van der Waals surface area contributed by atoms with Crippen molar-refractivity contribution in [2.75, 3.05) is 5.32 Å². The van der Waals surface area contributed by atoms with Crippen molar-refractivity contribution in [2.45, 2.75) is 46.5 Å². The molecule has 2 N–H and O–H groups in total. The maximum absolute atomic E-state index is 12.7. The number of fused-ring (bicyclic) bond motifs is 2. The molecule has 3 rings (SSSR count). The Morgan fingerprint density at radius 3 is 2.57 bits per heavy atom. The number of nitrogens with zero attached hydrogens (tertiary/aromatic N) is 1. The topological polar surface area (TPSA) is 79.3 Å². The number of hydrogen-bond acceptors (Lipinski definition) is 4. The molecule has 126 valence electrons. The van der Waals surface area contributed by atoms with Gasteiger partial charge in [0.25, 0.3) is 0 Å². The number of carboxylic acid groups (broad SMARTS) is 1. The minimum absolute atomic E-state index is 0.158. The quantitative estimate of drug-likeness (QED) is 0.864. The van der Waals surface area contributed by atoms with Crippen molar-refractivity contribution in [3.05, 3.63) is 10.6 Å². The van der Waals surface area contributed by atoms with E-state index in [1.807, 2.05) is 6.92 Å². The molecule has 2 bridgehead atoms. The van der Waals surface area contributed by atoms with E-state index in [0.29, 0.717) is 11.0 Å². The van der Waals surface area contributed by atoms with Crippen LogP contribution in [0.15, 0.2) is 0 Å². The van der Waals surface area contributed by atoms with Crippen molar-refractivity contribution in [2.24, 2.45) is 29.6 Å². The number of carbonyl (C=O) groups excluding carboxylic acids is 1. The van der Waals surface area contributed by atoms with Crippen LogP contribution in [0.3, 0.4) is 0 Å². The summed E-state index contributed by atoms with van der Waals surface area (Å²) < 4.78 is 0. The van der Waals surface area contributed by atoms with Crippen LogP contribution in [0, 0.1) is 36.5 Å². The maximum Gasteiger partial charge on any atom is 0.307 e. The summed E-state index contributed by atoms with van der Waals surface area (Å²) in [6.07, 6.45) is 3.69. The fourth-order valence-corrected chi connectivity index (χ4v) is 5.11. The molecule has 0 radical (unpaired) electrons. The Hall–Kier alpha value is -1.43. The Morgan fingerprint density at radius 1 is 1.30 bits per heavy atom. The smallest absolute Gasteiger partial charge is 0.307 e. The first-order valence-corrected chi connectivity index (χ1v) is 9.18. The van der Waals surface area contributed by atoms with Crippen LogP contribution in [-0.4, -0.2) is 22.0 Å². The lowest BCUT2D eigenvalue weighted by molar-refractivity contribution is -0.148. The second-order valence-corrected chi connectivity index (χ2v) is 8.54. The number of aromatic nitrogens is 1. The Morgan fingerprint density at radius 2 is 1.96 bits per heavy atom. The molecule has 2 fully saturated rings. The summed E-state index contributed by atoms with van der Waals surface area (Å²) in [4.78, 5) is 29.9. The average Bonchev–Trinajstić information content (AvgIpc) is 3.13. The van der Waals surface area contributed by atoms with Crippen molar-refractivity contribution in [1.29, 1.82) is 0 Å². The van der Waals surface area contributed by atoms with Gasteiger partial charge in [-0.1, -0.05) is 13.8 Å². The molecule has 6 heteroatoms. The first-order chi connectivity index (χ1) is 10.9. The molecule has 0 aromatic carbocycles. The summed E-state index contributed by atoms with van der Waals surface area (Å²) in [6, 6.07) is 0. The highest BCUT2D eigenvalue weighted by molar-refractivity contribution is 7.15. The van der Waals surface area contributed by atoms with Gasteiger partial charge in [-0.2, -0.15) is 0 Å². The second kappa shape index (κ2) is 6.23. The molecule has 1 aromatic rings. The molecule has 2 aliphatic carbocycles. The molecule has 1 aromatic heterocycles. The van der Waals surface area contributed by atoms with Crippen LogP contribution in [0.1, 0.15) is 43.7 Å². The van der Waals surface area contributed by atoms with Gasteiger partial charge in [-0.25, -0.2) is 4.98 Å². The first kappa shape index (κ1) is 16.4. The molecule has 0 spiro atoms. The highest BCUT2D eigenvalue weighted by Crippen LogP contribution is 2.52. The lowest BCUT2D eigenvalue weighted by Gasteiger charge is -2.26. The van der Waals surface area contributed by atoms with Crippen LogP contribution >= 0.6 is 11.3 Å². The largest absolute Gasteiger partial charge is 0.481 e. The number of hydrogen-bond donors (Lipinski definition) is 2. The van der Waals surface area contributed by atoms with Gasteiger partial charge in [0.05, 0.1) is 17.5 Å². The van der Waals surface area contributed by atoms with E-state index in [0.717, 1.165) is 36.3 Å². The predicted octanol–water partition coefficient (Wildman–Crippen LogP) is 3.34. The van der Waals surface area contributed by atoms with E-state index in [-0.39, 0.29) is 17.7 Å². The van der Waals surface area contributed by atoms with Crippen LogP contribution < -0.4 is 5.32 Å². The molecule has 2 saturated carbocycles. The van der Waals surface area contributed by atoms with Crippen molar-refractivity contribution >= 4 is 28.3 Å². The second-order valence-electron chi connectivity index (χ2n) is 7.33. The highest BCUT2D eigenvalue weighted by Gasteiger charge is 2.54. The summed E-state index contributed by atoms with van der Waals surface area (Å²) in [5.74, 6) is -1.00. The molecule has 0 saturated heterocycles. The molecular weight excluding hydrogens is 312 g/mol. The number of nitrogens with one attached hydrogen (secondary N) is 1. The van der Waals surface area contributed by atoms with Crippen molar-refractivity contribution in [1.82, 2.24) is 4.98 Å². The van der Waals surface area contributed by atoms with Gasteiger partial charge in [0, 0.05) is 4.88 Å². The fourth-order valence-electron chi connectivity index (χ4n) is 4.27. The zero-order valence-corrected chi connectivity index (χ0v) is 14.7. The number of aliphatic carboxylic acids is 1. The van der Waals surface area contributed by atoms with E-state index < -0.39 is 17.8 Å².